The van der Waals surface area contributed by atoms with Crippen LogP contribution in [0.1, 0.15) is 22.5 Å². The molecule has 0 N–H and O–H groups in total. The first-order chi connectivity index (χ1) is 10.3. The summed E-state index contributed by atoms with van der Waals surface area (Å²) >= 11 is 0. The number of rotatable bonds is 5. The van der Waals surface area contributed by atoms with E-state index in [0.717, 1.165) is 19.4 Å². The Labute approximate surface area is 124 Å². The van der Waals surface area contributed by atoms with Gasteiger partial charge in [-0.25, -0.2) is 0 Å². The van der Waals surface area contributed by atoms with Gasteiger partial charge in [0.05, 0.1) is 18.9 Å². The summed E-state index contributed by atoms with van der Waals surface area (Å²) in [6.45, 7) is 2.01. The van der Waals surface area contributed by atoms with Gasteiger partial charge in [-0.05, 0) is 30.5 Å². The number of ether oxygens (including phenoxy) is 1. The van der Waals surface area contributed by atoms with Crippen LogP contribution in [0.15, 0.2) is 53.1 Å². The van der Waals surface area contributed by atoms with Crippen LogP contribution in [0.3, 0.4) is 0 Å². The average Bonchev–Trinajstić information content (AvgIpc) is 3.22. The second-order valence-corrected chi connectivity index (χ2v) is 5.23. The van der Waals surface area contributed by atoms with Crippen LogP contribution in [0.2, 0.25) is 0 Å². The minimum Gasteiger partial charge on any atom is -0.459 e. The lowest BCUT2D eigenvalue weighted by atomic mass is 10.1. The van der Waals surface area contributed by atoms with Gasteiger partial charge in [-0.2, -0.15) is 0 Å². The van der Waals surface area contributed by atoms with Crippen molar-refractivity contribution in [2.75, 3.05) is 19.8 Å². The molecular formula is C17H19NO3. The highest BCUT2D eigenvalue weighted by atomic mass is 16.5. The van der Waals surface area contributed by atoms with E-state index in [1.165, 1.54) is 11.8 Å². The van der Waals surface area contributed by atoms with E-state index in [-0.39, 0.29) is 11.9 Å². The molecule has 4 heteroatoms. The van der Waals surface area contributed by atoms with Gasteiger partial charge in [0.1, 0.15) is 0 Å². The van der Waals surface area contributed by atoms with Crippen molar-refractivity contribution in [3.05, 3.63) is 60.1 Å². The van der Waals surface area contributed by atoms with Gasteiger partial charge in [0.15, 0.2) is 5.76 Å². The Kier molecular flexibility index (Phi) is 4.36. The van der Waals surface area contributed by atoms with Crippen molar-refractivity contribution in [2.45, 2.75) is 18.9 Å². The lowest BCUT2D eigenvalue weighted by molar-refractivity contribution is 0.0624. The van der Waals surface area contributed by atoms with E-state index in [0.29, 0.717) is 18.9 Å². The van der Waals surface area contributed by atoms with Crippen molar-refractivity contribution in [2.24, 2.45) is 0 Å². The molecule has 1 aromatic heterocycles. The fourth-order valence-electron chi connectivity index (χ4n) is 2.65. The molecule has 2 aromatic rings. The number of nitrogens with zero attached hydrogens (tertiary/aromatic N) is 1. The van der Waals surface area contributed by atoms with E-state index in [4.69, 9.17) is 9.15 Å². The number of carbonyl (C=O) groups is 1. The lowest BCUT2D eigenvalue weighted by Crippen LogP contribution is -2.41. The molecule has 0 spiro atoms. The third-order valence-electron chi connectivity index (χ3n) is 3.82. The quantitative estimate of drug-likeness (QED) is 0.848. The Morgan fingerprint density at radius 3 is 2.71 bits per heavy atom. The summed E-state index contributed by atoms with van der Waals surface area (Å²) in [5.74, 6) is 0.349. The molecule has 1 aliphatic heterocycles. The van der Waals surface area contributed by atoms with E-state index >= 15 is 0 Å². The first-order valence-electron chi connectivity index (χ1n) is 7.31. The molecular weight excluding hydrogens is 266 g/mol. The molecule has 0 saturated carbocycles. The monoisotopic (exact) mass is 285 g/mol. The predicted octanol–water partition coefficient (Wildman–Crippen LogP) is 2.75. The lowest BCUT2D eigenvalue weighted by Gasteiger charge is -2.27. The number of benzene rings is 1. The Morgan fingerprint density at radius 2 is 2.05 bits per heavy atom. The van der Waals surface area contributed by atoms with Crippen LogP contribution in [0.25, 0.3) is 0 Å². The maximum atomic E-state index is 12.6. The average molecular weight is 285 g/mol. The molecule has 2 heterocycles. The predicted molar refractivity (Wildman–Crippen MR) is 79.1 cm³/mol. The highest BCUT2D eigenvalue weighted by Gasteiger charge is 2.29. The second kappa shape index (κ2) is 6.59. The summed E-state index contributed by atoms with van der Waals surface area (Å²) in [7, 11) is 0. The number of hydrogen-bond donors (Lipinski definition) is 0. The summed E-state index contributed by atoms with van der Waals surface area (Å²) < 4.78 is 10.7. The third-order valence-corrected chi connectivity index (χ3v) is 3.82. The minimum absolute atomic E-state index is 0.0496. The summed E-state index contributed by atoms with van der Waals surface area (Å²) in [5.41, 5.74) is 1.23. The van der Waals surface area contributed by atoms with E-state index in [1.54, 1.807) is 12.1 Å². The first kappa shape index (κ1) is 13.9. The molecule has 21 heavy (non-hydrogen) atoms. The highest BCUT2D eigenvalue weighted by molar-refractivity contribution is 5.91. The number of amides is 1. The number of hydrogen-bond acceptors (Lipinski definition) is 3. The van der Waals surface area contributed by atoms with Crippen molar-refractivity contribution < 1.29 is 13.9 Å². The van der Waals surface area contributed by atoms with Crippen molar-refractivity contribution in [1.29, 1.82) is 0 Å². The topological polar surface area (TPSA) is 42.7 Å². The maximum absolute atomic E-state index is 12.6. The van der Waals surface area contributed by atoms with Gasteiger partial charge >= 0.3 is 0 Å². The molecule has 1 aromatic carbocycles. The summed E-state index contributed by atoms with van der Waals surface area (Å²) in [6, 6.07) is 13.8. The van der Waals surface area contributed by atoms with E-state index in [1.807, 2.05) is 23.1 Å². The highest BCUT2D eigenvalue weighted by Crippen LogP contribution is 2.17. The Bertz CT molecular complexity index is 559. The molecule has 1 amide bonds. The van der Waals surface area contributed by atoms with Gasteiger partial charge in [0.2, 0.25) is 0 Å². The third kappa shape index (κ3) is 3.34. The molecule has 3 rings (SSSR count). The summed E-state index contributed by atoms with van der Waals surface area (Å²) in [6.07, 6.45) is 3.26. The van der Waals surface area contributed by atoms with Crippen LogP contribution in [-0.2, 0) is 11.2 Å². The van der Waals surface area contributed by atoms with Crippen molar-refractivity contribution in [1.82, 2.24) is 4.90 Å². The van der Waals surface area contributed by atoms with Crippen LogP contribution < -0.4 is 0 Å². The van der Waals surface area contributed by atoms with Crippen LogP contribution in [-0.4, -0.2) is 36.6 Å². The van der Waals surface area contributed by atoms with E-state index in [9.17, 15) is 4.79 Å². The molecule has 1 unspecified atom stereocenters. The minimum atomic E-state index is -0.0496. The maximum Gasteiger partial charge on any atom is 0.289 e. The summed E-state index contributed by atoms with van der Waals surface area (Å²) in [5, 5.41) is 0. The molecule has 1 atom stereocenters. The molecule has 1 saturated heterocycles. The molecule has 110 valence electrons. The number of carbonyl (C=O) groups excluding carboxylic acids is 1. The van der Waals surface area contributed by atoms with Gasteiger partial charge in [0.25, 0.3) is 5.91 Å². The Morgan fingerprint density at radius 1 is 1.19 bits per heavy atom. The van der Waals surface area contributed by atoms with Crippen LogP contribution >= 0.6 is 0 Å². The molecule has 0 radical (unpaired) electrons. The fourth-order valence-corrected chi connectivity index (χ4v) is 2.65. The first-order valence-corrected chi connectivity index (χ1v) is 7.31. The van der Waals surface area contributed by atoms with Crippen LogP contribution in [0.4, 0.5) is 0 Å². The smallest absolute Gasteiger partial charge is 0.289 e. The largest absolute Gasteiger partial charge is 0.459 e. The van der Waals surface area contributed by atoms with Gasteiger partial charge in [-0.15, -0.1) is 0 Å². The standard InChI is InChI=1S/C17H19NO3/c19-17(16-7-4-11-21-16)18(15-9-12-20-13-15)10-8-14-5-2-1-3-6-14/h1-7,11,15H,8-10,12-13H2. The fraction of sp³-hybridized carbons (Fsp3) is 0.353. The summed E-state index contributed by atoms with van der Waals surface area (Å²) in [4.78, 5) is 14.5. The van der Waals surface area contributed by atoms with E-state index < -0.39 is 0 Å². The molecule has 1 fully saturated rings. The zero-order valence-corrected chi connectivity index (χ0v) is 11.9. The molecule has 1 aliphatic rings. The zero-order valence-electron chi connectivity index (χ0n) is 11.9. The van der Waals surface area contributed by atoms with Crippen LogP contribution in [0.5, 0.6) is 0 Å². The molecule has 0 bridgehead atoms. The van der Waals surface area contributed by atoms with E-state index in [2.05, 4.69) is 12.1 Å². The molecule has 0 aliphatic carbocycles. The van der Waals surface area contributed by atoms with Crippen molar-refractivity contribution in [3.63, 3.8) is 0 Å². The normalized spacial score (nSPS) is 17.8. The van der Waals surface area contributed by atoms with Crippen LogP contribution in [0, 0.1) is 0 Å². The SMILES string of the molecule is O=C(c1ccco1)N(CCc1ccccc1)C1CCOC1. The Hall–Kier alpha value is -2.07. The zero-order chi connectivity index (χ0) is 14.5. The Balaban J connectivity index is 1.71. The van der Waals surface area contributed by atoms with Crippen molar-refractivity contribution >= 4 is 5.91 Å². The molecule has 4 nitrogen and oxygen atoms in total. The van der Waals surface area contributed by atoms with Gasteiger partial charge in [-0.3, -0.25) is 4.79 Å². The van der Waals surface area contributed by atoms with Gasteiger partial charge < -0.3 is 14.1 Å². The van der Waals surface area contributed by atoms with Gasteiger partial charge in [0, 0.05) is 13.2 Å². The number of furan rings is 1. The van der Waals surface area contributed by atoms with Gasteiger partial charge in [-0.1, -0.05) is 30.3 Å². The second-order valence-electron chi connectivity index (χ2n) is 5.23. The van der Waals surface area contributed by atoms with Crippen molar-refractivity contribution in [3.8, 4) is 0 Å².